The molecule has 1 aliphatic heterocycles. The number of hydrogen-bond donors (Lipinski definition) is 4. The third-order valence-electron chi connectivity index (χ3n) is 4.96. The van der Waals surface area contributed by atoms with Gasteiger partial charge in [0, 0.05) is 38.7 Å². The normalized spacial score (nSPS) is 13.6. The Balaban J connectivity index is 1.61. The number of aromatic nitrogens is 1. The predicted octanol–water partition coefficient (Wildman–Crippen LogP) is 1.26. The van der Waals surface area contributed by atoms with Crippen molar-refractivity contribution in [2.45, 2.75) is 57.4 Å². The third kappa shape index (κ3) is 8.36. The SMILES string of the molecule is COCCC(=O)NC(CCNC(=O)CCCCc1ccc2c(n1)NCCC2)C(=O)O. The van der Waals surface area contributed by atoms with Gasteiger partial charge in [0.05, 0.1) is 6.61 Å². The lowest BCUT2D eigenvalue weighted by Gasteiger charge is -2.17. The van der Waals surface area contributed by atoms with E-state index in [1.165, 1.54) is 12.7 Å². The van der Waals surface area contributed by atoms with E-state index < -0.39 is 12.0 Å². The Morgan fingerprint density at radius 1 is 1.23 bits per heavy atom. The zero-order valence-electron chi connectivity index (χ0n) is 17.5. The number of carboxylic acids is 1. The van der Waals surface area contributed by atoms with Crippen molar-refractivity contribution in [3.05, 3.63) is 23.4 Å². The lowest BCUT2D eigenvalue weighted by Crippen LogP contribution is -2.43. The van der Waals surface area contributed by atoms with Gasteiger partial charge < -0.3 is 25.8 Å². The van der Waals surface area contributed by atoms with Crippen molar-refractivity contribution in [1.82, 2.24) is 15.6 Å². The number of nitrogens with one attached hydrogen (secondary N) is 3. The van der Waals surface area contributed by atoms with Crippen LogP contribution in [0.5, 0.6) is 0 Å². The number of methoxy groups -OCH3 is 1. The molecule has 166 valence electrons. The van der Waals surface area contributed by atoms with Crippen molar-refractivity contribution < 1.29 is 24.2 Å². The molecule has 0 aliphatic carbocycles. The van der Waals surface area contributed by atoms with E-state index in [0.717, 1.165) is 50.2 Å². The molecule has 30 heavy (non-hydrogen) atoms. The van der Waals surface area contributed by atoms with Crippen LogP contribution in [0, 0.1) is 0 Å². The van der Waals surface area contributed by atoms with Gasteiger partial charge >= 0.3 is 5.97 Å². The van der Waals surface area contributed by atoms with Crippen LogP contribution in [-0.4, -0.2) is 60.7 Å². The molecule has 2 amide bonds. The fourth-order valence-electron chi connectivity index (χ4n) is 3.26. The number of carbonyl (C=O) groups excluding carboxylic acids is 2. The maximum Gasteiger partial charge on any atom is 0.326 e. The van der Waals surface area contributed by atoms with Crippen molar-refractivity contribution in [3.63, 3.8) is 0 Å². The van der Waals surface area contributed by atoms with Gasteiger partial charge in [-0.15, -0.1) is 0 Å². The molecule has 1 aromatic heterocycles. The van der Waals surface area contributed by atoms with E-state index in [9.17, 15) is 19.5 Å². The highest BCUT2D eigenvalue weighted by molar-refractivity contribution is 5.83. The Hall–Kier alpha value is -2.68. The fourth-order valence-corrected chi connectivity index (χ4v) is 3.26. The molecule has 0 aromatic carbocycles. The lowest BCUT2D eigenvalue weighted by atomic mass is 10.1. The van der Waals surface area contributed by atoms with Crippen LogP contribution in [0.1, 0.15) is 49.8 Å². The van der Waals surface area contributed by atoms with Gasteiger partial charge in [-0.25, -0.2) is 9.78 Å². The summed E-state index contributed by atoms with van der Waals surface area (Å²) in [4.78, 5) is 39.5. The molecule has 0 spiro atoms. The predicted molar refractivity (Wildman–Crippen MR) is 112 cm³/mol. The lowest BCUT2D eigenvalue weighted by molar-refractivity contribution is -0.142. The van der Waals surface area contributed by atoms with Gasteiger partial charge in [-0.1, -0.05) is 6.07 Å². The molecule has 9 heteroatoms. The topological polar surface area (TPSA) is 130 Å². The first-order valence-electron chi connectivity index (χ1n) is 10.5. The Bertz CT molecular complexity index is 725. The minimum absolute atomic E-state index is 0.0990. The van der Waals surface area contributed by atoms with Crippen LogP contribution < -0.4 is 16.0 Å². The number of rotatable bonds is 13. The van der Waals surface area contributed by atoms with Crippen LogP contribution in [0.3, 0.4) is 0 Å². The summed E-state index contributed by atoms with van der Waals surface area (Å²) in [5, 5.41) is 17.7. The summed E-state index contributed by atoms with van der Waals surface area (Å²) in [6, 6.07) is 3.15. The fraction of sp³-hybridized carbons (Fsp3) is 0.619. The van der Waals surface area contributed by atoms with Crippen molar-refractivity contribution in [2.24, 2.45) is 0 Å². The number of pyridine rings is 1. The van der Waals surface area contributed by atoms with Crippen LogP contribution in [-0.2, 0) is 32.0 Å². The Morgan fingerprint density at radius 3 is 2.83 bits per heavy atom. The largest absolute Gasteiger partial charge is 0.480 e. The molecule has 9 nitrogen and oxygen atoms in total. The zero-order valence-corrected chi connectivity index (χ0v) is 17.5. The van der Waals surface area contributed by atoms with Crippen molar-refractivity contribution in [3.8, 4) is 0 Å². The van der Waals surface area contributed by atoms with Gasteiger partial charge in [0.1, 0.15) is 11.9 Å². The molecule has 1 unspecified atom stereocenters. The number of nitrogens with zero attached hydrogens (tertiary/aromatic N) is 1. The molecule has 0 bridgehead atoms. The third-order valence-corrected chi connectivity index (χ3v) is 4.96. The molecule has 1 aliphatic rings. The van der Waals surface area contributed by atoms with Gasteiger partial charge in [-0.2, -0.15) is 0 Å². The standard InChI is InChI=1S/C21H32N4O5/c1-30-14-11-19(27)25-17(21(28)29)10-13-22-18(26)7-3-2-6-16-9-8-15-5-4-12-23-20(15)24-16/h8-9,17H,2-7,10-14H2,1H3,(H,22,26)(H,23,24)(H,25,27)(H,28,29). The van der Waals surface area contributed by atoms with Crippen LogP contribution in [0.4, 0.5) is 5.82 Å². The summed E-state index contributed by atoms with van der Waals surface area (Å²) < 4.78 is 4.79. The summed E-state index contributed by atoms with van der Waals surface area (Å²) in [6.07, 6.45) is 5.21. The molecular formula is C21H32N4O5. The number of carbonyl (C=O) groups is 3. The van der Waals surface area contributed by atoms with E-state index in [0.29, 0.717) is 6.42 Å². The molecule has 1 aromatic rings. The quantitative estimate of drug-likeness (QED) is 0.354. The second kappa shape index (κ2) is 12.8. The Labute approximate surface area is 177 Å². The number of amides is 2. The minimum atomic E-state index is -1.12. The Kier molecular flexibility index (Phi) is 10.1. The smallest absolute Gasteiger partial charge is 0.326 e. The van der Waals surface area contributed by atoms with E-state index in [4.69, 9.17) is 4.74 Å². The summed E-state index contributed by atoms with van der Waals surface area (Å²) in [7, 11) is 1.47. The first-order chi connectivity index (χ1) is 14.5. The van der Waals surface area contributed by atoms with Crippen LogP contribution in [0.2, 0.25) is 0 Å². The molecule has 2 heterocycles. The van der Waals surface area contributed by atoms with Gasteiger partial charge in [0.2, 0.25) is 11.8 Å². The summed E-state index contributed by atoms with van der Waals surface area (Å²) >= 11 is 0. The number of unbranched alkanes of at least 4 members (excludes halogenated alkanes) is 1. The van der Waals surface area contributed by atoms with Crippen LogP contribution in [0.25, 0.3) is 0 Å². The zero-order chi connectivity index (χ0) is 21.8. The molecule has 4 N–H and O–H groups in total. The van der Waals surface area contributed by atoms with Crippen LogP contribution >= 0.6 is 0 Å². The van der Waals surface area contributed by atoms with E-state index in [2.05, 4.69) is 33.1 Å². The molecule has 0 radical (unpaired) electrons. The van der Waals surface area contributed by atoms with E-state index in [-0.39, 0.29) is 37.8 Å². The minimum Gasteiger partial charge on any atom is -0.480 e. The van der Waals surface area contributed by atoms with Crippen molar-refractivity contribution in [1.29, 1.82) is 0 Å². The van der Waals surface area contributed by atoms with E-state index in [1.54, 1.807) is 0 Å². The number of aryl methyl sites for hydroxylation is 2. The second-order valence-electron chi connectivity index (χ2n) is 7.39. The molecule has 2 rings (SSSR count). The molecule has 0 saturated carbocycles. The van der Waals surface area contributed by atoms with Crippen molar-refractivity contribution in [2.75, 3.05) is 32.1 Å². The van der Waals surface area contributed by atoms with Gasteiger partial charge in [0.15, 0.2) is 0 Å². The van der Waals surface area contributed by atoms with E-state index in [1.807, 2.05) is 0 Å². The number of carboxylic acid groups (broad SMARTS) is 1. The van der Waals surface area contributed by atoms with Gasteiger partial charge in [-0.3, -0.25) is 9.59 Å². The molecule has 1 atom stereocenters. The van der Waals surface area contributed by atoms with Crippen molar-refractivity contribution >= 4 is 23.6 Å². The summed E-state index contributed by atoms with van der Waals surface area (Å²) in [5.41, 5.74) is 2.29. The first kappa shape index (κ1) is 23.6. The maximum absolute atomic E-state index is 12.0. The van der Waals surface area contributed by atoms with Crippen LogP contribution in [0.15, 0.2) is 12.1 Å². The molecular weight excluding hydrogens is 388 g/mol. The van der Waals surface area contributed by atoms with Gasteiger partial charge in [0.25, 0.3) is 0 Å². The highest BCUT2D eigenvalue weighted by Gasteiger charge is 2.19. The Morgan fingerprint density at radius 2 is 2.07 bits per heavy atom. The average Bonchev–Trinajstić information content (AvgIpc) is 2.74. The number of aliphatic carboxylic acids is 1. The highest BCUT2D eigenvalue weighted by atomic mass is 16.5. The number of hydrogen-bond acceptors (Lipinski definition) is 6. The average molecular weight is 421 g/mol. The molecule has 0 saturated heterocycles. The molecule has 0 fully saturated rings. The monoisotopic (exact) mass is 420 g/mol. The second-order valence-corrected chi connectivity index (χ2v) is 7.39. The first-order valence-corrected chi connectivity index (χ1v) is 10.5. The van der Waals surface area contributed by atoms with E-state index >= 15 is 0 Å². The van der Waals surface area contributed by atoms with Gasteiger partial charge in [-0.05, 0) is 50.2 Å². The number of ether oxygens (including phenoxy) is 1. The maximum atomic E-state index is 12.0. The summed E-state index contributed by atoms with van der Waals surface area (Å²) in [5.74, 6) is -0.646. The number of fused-ring (bicyclic) bond motifs is 1. The highest BCUT2D eigenvalue weighted by Crippen LogP contribution is 2.20. The summed E-state index contributed by atoms with van der Waals surface area (Å²) in [6.45, 7) is 1.38. The number of anilines is 1.